The fourth-order valence-corrected chi connectivity index (χ4v) is 4.26. The Morgan fingerprint density at radius 3 is 2.78 bits per heavy atom. The highest BCUT2D eigenvalue weighted by atomic mass is 16.3. The third-order valence-electron chi connectivity index (χ3n) is 6.05. The molecule has 5 rings (SSSR count). The van der Waals surface area contributed by atoms with E-state index in [0.29, 0.717) is 29.7 Å². The molecule has 32 heavy (non-hydrogen) atoms. The van der Waals surface area contributed by atoms with Crippen LogP contribution in [0.3, 0.4) is 0 Å². The van der Waals surface area contributed by atoms with Gasteiger partial charge in [0.15, 0.2) is 17.2 Å². The summed E-state index contributed by atoms with van der Waals surface area (Å²) in [7, 11) is 1.85. The Balaban J connectivity index is 1.47. The minimum atomic E-state index is 0.0901. The molecule has 0 bridgehead atoms. The molecule has 1 aliphatic rings. The highest BCUT2D eigenvalue weighted by molar-refractivity contribution is 5.96. The summed E-state index contributed by atoms with van der Waals surface area (Å²) in [6, 6.07) is 16.2. The van der Waals surface area contributed by atoms with Gasteiger partial charge in [0.2, 0.25) is 0 Å². The van der Waals surface area contributed by atoms with Crippen LogP contribution in [0.15, 0.2) is 59.2 Å². The van der Waals surface area contributed by atoms with E-state index < -0.39 is 0 Å². The number of carbonyl (C=O) groups excluding carboxylic acids is 1. The number of carbonyl (C=O) groups is 1. The van der Waals surface area contributed by atoms with Gasteiger partial charge in [-0.1, -0.05) is 50.2 Å². The van der Waals surface area contributed by atoms with Crippen LogP contribution in [0, 0.1) is 0 Å². The predicted molar refractivity (Wildman–Crippen MR) is 126 cm³/mol. The van der Waals surface area contributed by atoms with Gasteiger partial charge in [-0.15, -0.1) is 0 Å². The van der Waals surface area contributed by atoms with E-state index in [1.54, 1.807) is 11.2 Å². The number of fused-ring (bicyclic) bond motifs is 2. The maximum Gasteiger partial charge on any atom is 0.253 e. The van der Waals surface area contributed by atoms with Crippen molar-refractivity contribution in [3.63, 3.8) is 0 Å². The number of rotatable bonds is 5. The monoisotopic (exact) mass is 426 g/mol. The average Bonchev–Trinajstić information content (AvgIpc) is 3.29. The Bertz CT molecular complexity index is 1310. The molecule has 0 saturated heterocycles. The molecule has 0 radical (unpaired) electrons. The van der Waals surface area contributed by atoms with Crippen molar-refractivity contribution in [2.45, 2.75) is 32.7 Å². The lowest BCUT2D eigenvalue weighted by Crippen LogP contribution is -2.34. The van der Waals surface area contributed by atoms with Crippen LogP contribution in [-0.2, 0) is 13.0 Å². The molecule has 0 saturated carbocycles. The van der Waals surface area contributed by atoms with Crippen molar-refractivity contribution in [1.82, 2.24) is 14.9 Å². The molecule has 1 N–H and O–H groups in total. The van der Waals surface area contributed by atoms with Crippen LogP contribution in [-0.4, -0.2) is 34.4 Å². The lowest BCUT2D eigenvalue weighted by atomic mass is 9.96. The number of nitrogens with one attached hydrogen (secondary N) is 1. The number of furan rings is 1. The average molecular weight is 427 g/mol. The maximum absolute atomic E-state index is 12.4. The van der Waals surface area contributed by atoms with Gasteiger partial charge < -0.3 is 14.6 Å². The maximum atomic E-state index is 12.4. The molecular weight excluding hydrogens is 400 g/mol. The highest BCUT2D eigenvalue weighted by Gasteiger charge is 2.21. The van der Waals surface area contributed by atoms with Gasteiger partial charge in [0.05, 0.1) is 6.26 Å². The van der Waals surface area contributed by atoms with Gasteiger partial charge in [-0.3, -0.25) is 4.79 Å². The van der Waals surface area contributed by atoms with Crippen molar-refractivity contribution in [3.05, 3.63) is 77.0 Å². The predicted octanol–water partition coefficient (Wildman–Crippen LogP) is 5.25. The molecule has 0 aliphatic carbocycles. The lowest BCUT2D eigenvalue weighted by Gasteiger charge is -2.25. The first-order valence-electron chi connectivity index (χ1n) is 11.0. The fraction of sp³-hybridized carbons (Fsp3) is 0.269. The van der Waals surface area contributed by atoms with Crippen molar-refractivity contribution >= 4 is 22.8 Å². The topological polar surface area (TPSA) is 71.3 Å². The van der Waals surface area contributed by atoms with Crippen molar-refractivity contribution in [2.75, 3.05) is 18.9 Å². The first-order chi connectivity index (χ1) is 15.5. The number of anilines is 1. The normalized spacial score (nSPS) is 13.6. The van der Waals surface area contributed by atoms with Gasteiger partial charge in [0.1, 0.15) is 5.52 Å². The van der Waals surface area contributed by atoms with Crippen LogP contribution >= 0.6 is 0 Å². The summed E-state index contributed by atoms with van der Waals surface area (Å²) in [6.07, 6.45) is 2.52. The number of hydrogen-bond acceptors (Lipinski definition) is 5. The summed E-state index contributed by atoms with van der Waals surface area (Å²) in [5.41, 5.74) is 6.66. The Morgan fingerprint density at radius 1 is 1.09 bits per heavy atom. The van der Waals surface area contributed by atoms with Crippen molar-refractivity contribution in [2.24, 2.45) is 0 Å². The van der Waals surface area contributed by atoms with Crippen LogP contribution in [0.5, 0.6) is 0 Å². The molecule has 0 unspecified atom stereocenters. The van der Waals surface area contributed by atoms with E-state index in [1.165, 1.54) is 5.56 Å². The molecule has 6 nitrogen and oxygen atoms in total. The SMILES string of the molecule is CC(C)c1ccccc1-c1nc(NCc2ccc3c(c2)CCN(C)C3=O)c2occc2n1. The summed E-state index contributed by atoms with van der Waals surface area (Å²) < 4.78 is 5.68. The molecule has 0 atom stereocenters. The zero-order valence-corrected chi connectivity index (χ0v) is 18.6. The zero-order valence-electron chi connectivity index (χ0n) is 18.6. The van der Waals surface area contributed by atoms with Gasteiger partial charge in [0, 0.05) is 37.3 Å². The van der Waals surface area contributed by atoms with Crippen LogP contribution in [0.25, 0.3) is 22.5 Å². The summed E-state index contributed by atoms with van der Waals surface area (Å²) in [4.78, 5) is 23.7. The summed E-state index contributed by atoms with van der Waals surface area (Å²) in [6.45, 7) is 5.68. The number of likely N-dealkylation sites (N-methyl/N-ethyl adjacent to an activating group) is 1. The van der Waals surface area contributed by atoms with Gasteiger partial charge in [0.25, 0.3) is 5.91 Å². The first-order valence-corrected chi connectivity index (χ1v) is 11.0. The largest absolute Gasteiger partial charge is 0.459 e. The minimum absolute atomic E-state index is 0.0901. The summed E-state index contributed by atoms with van der Waals surface area (Å²) in [5, 5.41) is 3.44. The Hall–Kier alpha value is -3.67. The molecule has 6 heteroatoms. The van der Waals surface area contributed by atoms with Crippen molar-refractivity contribution in [3.8, 4) is 11.4 Å². The molecule has 162 valence electrons. The second kappa shape index (κ2) is 8.11. The lowest BCUT2D eigenvalue weighted by molar-refractivity contribution is 0.0781. The summed E-state index contributed by atoms with van der Waals surface area (Å²) >= 11 is 0. The molecular formula is C26H26N4O2. The van der Waals surface area contributed by atoms with Crippen molar-refractivity contribution < 1.29 is 9.21 Å². The number of aromatic nitrogens is 2. The van der Waals surface area contributed by atoms with Gasteiger partial charge in [-0.25, -0.2) is 9.97 Å². The Labute approximate surface area is 187 Å². The Morgan fingerprint density at radius 2 is 1.94 bits per heavy atom. The zero-order chi connectivity index (χ0) is 22.2. The van der Waals surface area contributed by atoms with Gasteiger partial charge in [-0.05, 0) is 35.1 Å². The third-order valence-corrected chi connectivity index (χ3v) is 6.05. The van der Waals surface area contributed by atoms with E-state index in [1.807, 2.05) is 37.4 Å². The molecule has 2 aromatic heterocycles. The number of amides is 1. The van der Waals surface area contributed by atoms with Crippen LogP contribution in [0.1, 0.15) is 46.8 Å². The van der Waals surface area contributed by atoms with E-state index in [2.05, 4.69) is 37.4 Å². The smallest absolute Gasteiger partial charge is 0.253 e. The number of benzene rings is 2. The van der Waals surface area contributed by atoms with E-state index in [4.69, 9.17) is 14.4 Å². The molecule has 1 amide bonds. The van der Waals surface area contributed by atoms with Crippen molar-refractivity contribution in [1.29, 1.82) is 0 Å². The highest BCUT2D eigenvalue weighted by Crippen LogP contribution is 2.31. The van der Waals surface area contributed by atoms with E-state index in [0.717, 1.165) is 40.7 Å². The van der Waals surface area contributed by atoms with Crippen LogP contribution < -0.4 is 5.32 Å². The quantitative estimate of drug-likeness (QED) is 0.472. The van der Waals surface area contributed by atoms with Gasteiger partial charge in [-0.2, -0.15) is 0 Å². The second-order valence-corrected chi connectivity index (χ2v) is 8.59. The molecule has 1 aliphatic heterocycles. The molecule has 2 aromatic carbocycles. The standard InChI is InChI=1S/C26H26N4O2/c1-16(2)19-6-4-5-7-21(19)24-28-22-11-13-32-23(22)25(29-24)27-15-17-8-9-20-18(14-17)10-12-30(3)26(20)31/h4-9,11,13-14,16H,10,12,15H2,1-3H3,(H,27,28,29). The summed E-state index contributed by atoms with van der Waals surface area (Å²) in [5.74, 6) is 1.81. The van der Waals surface area contributed by atoms with E-state index in [9.17, 15) is 4.79 Å². The Kier molecular flexibility index (Phi) is 5.13. The molecule has 4 aromatic rings. The number of nitrogens with zero attached hydrogens (tertiary/aromatic N) is 3. The minimum Gasteiger partial charge on any atom is -0.459 e. The van der Waals surface area contributed by atoms with Crippen LogP contribution in [0.4, 0.5) is 5.82 Å². The third kappa shape index (κ3) is 3.62. The number of hydrogen-bond donors (Lipinski definition) is 1. The van der Waals surface area contributed by atoms with E-state index >= 15 is 0 Å². The van der Waals surface area contributed by atoms with E-state index in [-0.39, 0.29) is 5.91 Å². The van der Waals surface area contributed by atoms with Gasteiger partial charge >= 0.3 is 0 Å². The van der Waals surface area contributed by atoms with Crippen LogP contribution in [0.2, 0.25) is 0 Å². The molecule has 3 heterocycles. The molecule has 0 spiro atoms. The fourth-order valence-electron chi connectivity index (χ4n) is 4.26. The second-order valence-electron chi connectivity index (χ2n) is 8.59. The first kappa shape index (κ1) is 20.2. The molecule has 0 fully saturated rings.